The molecule has 1 aliphatic heterocycles. The first-order valence-electron chi connectivity index (χ1n) is 13.0. The van der Waals surface area contributed by atoms with E-state index < -0.39 is 0 Å². The zero-order valence-electron chi connectivity index (χ0n) is 20.7. The number of aromatic nitrogens is 3. The van der Waals surface area contributed by atoms with Crippen LogP contribution >= 0.6 is 11.3 Å². The van der Waals surface area contributed by atoms with Gasteiger partial charge in [-0.1, -0.05) is 5.16 Å². The van der Waals surface area contributed by atoms with Crippen LogP contribution in [0, 0.1) is 17.2 Å². The molecule has 3 aromatic rings. The lowest BCUT2D eigenvalue weighted by Crippen LogP contribution is -2.40. The maximum atomic E-state index is 9.92. The summed E-state index contributed by atoms with van der Waals surface area (Å²) in [5, 5.41) is 15.2. The molecule has 1 saturated heterocycles. The quantitative estimate of drug-likeness (QED) is 0.556. The Morgan fingerprint density at radius 2 is 2.14 bits per heavy atom. The van der Waals surface area contributed by atoms with Crippen molar-refractivity contribution in [3.05, 3.63) is 39.5 Å². The van der Waals surface area contributed by atoms with Gasteiger partial charge in [-0.2, -0.15) is 10.2 Å². The van der Waals surface area contributed by atoms with Crippen LogP contribution in [0.15, 0.2) is 16.8 Å². The number of likely N-dealkylation sites (N-methyl/N-ethyl adjacent to an activating group) is 1. The Morgan fingerprint density at radius 3 is 2.92 bits per heavy atom. The van der Waals surface area contributed by atoms with Crippen LogP contribution in [-0.4, -0.2) is 45.3 Å². The highest BCUT2D eigenvalue weighted by molar-refractivity contribution is 7.16. The Hall–Kier alpha value is -2.96. The summed E-state index contributed by atoms with van der Waals surface area (Å²) in [6.07, 6.45) is 10.1. The van der Waals surface area contributed by atoms with Gasteiger partial charge in [0.15, 0.2) is 5.76 Å². The topological polar surface area (TPSA) is 114 Å². The number of nitriles is 1. The van der Waals surface area contributed by atoms with Crippen molar-refractivity contribution >= 4 is 16.3 Å². The molecule has 0 radical (unpaired) electrons. The van der Waals surface area contributed by atoms with Crippen LogP contribution in [0.25, 0.3) is 11.5 Å². The number of aryl methyl sites for hydroxylation is 1. The zero-order chi connectivity index (χ0) is 24.6. The smallest absolute Gasteiger partial charge is 0.317 e. The van der Waals surface area contributed by atoms with Gasteiger partial charge in [0.1, 0.15) is 22.9 Å². The second-order valence-corrected chi connectivity index (χ2v) is 12.1. The molecule has 1 spiro atoms. The first kappa shape index (κ1) is 22.3. The lowest BCUT2D eigenvalue weighted by atomic mass is 9.62. The van der Waals surface area contributed by atoms with Crippen molar-refractivity contribution in [3.8, 4) is 23.5 Å². The van der Waals surface area contributed by atoms with Gasteiger partial charge in [0.25, 0.3) is 0 Å². The van der Waals surface area contributed by atoms with Crippen LogP contribution < -0.4 is 10.5 Å². The van der Waals surface area contributed by atoms with E-state index in [1.165, 1.54) is 17.7 Å². The third kappa shape index (κ3) is 3.17. The number of nitrogen functional groups attached to an aromatic ring is 1. The highest BCUT2D eigenvalue weighted by atomic mass is 32.1. The van der Waals surface area contributed by atoms with Crippen LogP contribution in [-0.2, 0) is 18.3 Å². The first-order chi connectivity index (χ1) is 17.5. The van der Waals surface area contributed by atoms with Crippen molar-refractivity contribution < 1.29 is 9.26 Å². The molecule has 0 bridgehead atoms. The highest BCUT2D eigenvalue weighted by Crippen LogP contribution is 2.54. The van der Waals surface area contributed by atoms with Crippen molar-refractivity contribution in [1.29, 1.82) is 5.26 Å². The van der Waals surface area contributed by atoms with Crippen LogP contribution in [0.3, 0.4) is 0 Å². The van der Waals surface area contributed by atoms with Crippen molar-refractivity contribution in [2.24, 2.45) is 5.92 Å². The fourth-order valence-electron chi connectivity index (χ4n) is 7.25. The van der Waals surface area contributed by atoms with Gasteiger partial charge in [-0.05, 0) is 82.9 Å². The minimum absolute atomic E-state index is 0.0130. The van der Waals surface area contributed by atoms with Crippen molar-refractivity contribution in [3.63, 3.8) is 0 Å². The molecule has 0 amide bonds. The summed E-state index contributed by atoms with van der Waals surface area (Å²) >= 11 is 1.56. The number of thiophene rings is 1. The number of likely N-dealkylation sites (tertiary alicyclic amines) is 1. The molecule has 36 heavy (non-hydrogen) atoms. The number of hydrogen-bond donors (Lipinski definition) is 1. The van der Waals surface area contributed by atoms with Crippen molar-refractivity contribution in [2.75, 3.05) is 12.8 Å². The third-order valence-electron chi connectivity index (χ3n) is 9.05. The monoisotopic (exact) mass is 502 g/mol. The third-order valence-corrected chi connectivity index (χ3v) is 10.1. The minimum Gasteiger partial charge on any atom is -0.459 e. The van der Waals surface area contributed by atoms with Gasteiger partial charge in [-0.3, -0.25) is 4.90 Å². The van der Waals surface area contributed by atoms with Gasteiger partial charge in [0.05, 0.1) is 11.3 Å². The summed E-state index contributed by atoms with van der Waals surface area (Å²) in [7, 11) is 2.20. The average molecular weight is 503 g/mol. The summed E-state index contributed by atoms with van der Waals surface area (Å²) < 4.78 is 12.2. The second kappa shape index (κ2) is 8.02. The van der Waals surface area contributed by atoms with E-state index in [2.05, 4.69) is 35.1 Å². The first-order valence-corrected chi connectivity index (χ1v) is 13.8. The number of anilines is 1. The molecule has 1 saturated carbocycles. The molecule has 5 atom stereocenters. The van der Waals surface area contributed by atoms with E-state index in [4.69, 9.17) is 20.0 Å². The lowest BCUT2D eigenvalue weighted by molar-refractivity contribution is 0.0977. The molecule has 4 heterocycles. The normalized spacial score (nSPS) is 29.3. The summed E-state index contributed by atoms with van der Waals surface area (Å²) in [6.45, 7) is 2.11. The SMILES string of the molecule is C[C@H](Oc1nccc(-c2onc3c2CCC[C@@]32CCCc3sc(N)c(C#N)c32)n1)[C@@H]1C[C@@H]2C[C@@H]2N1C. The number of piperidine rings is 1. The predicted octanol–water partition coefficient (Wildman–Crippen LogP) is 4.47. The van der Waals surface area contributed by atoms with E-state index in [1.54, 1.807) is 17.5 Å². The Balaban J connectivity index is 1.23. The molecule has 9 heteroatoms. The Kier molecular flexibility index (Phi) is 4.96. The van der Waals surface area contributed by atoms with E-state index >= 15 is 0 Å². The second-order valence-electron chi connectivity index (χ2n) is 11.0. The van der Waals surface area contributed by atoms with Gasteiger partial charge in [0, 0.05) is 34.1 Å². The molecule has 8 nitrogen and oxygen atoms in total. The maximum Gasteiger partial charge on any atom is 0.317 e. The average Bonchev–Trinajstić information content (AvgIpc) is 3.19. The number of fused-ring (bicyclic) bond motifs is 5. The van der Waals surface area contributed by atoms with Gasteiger partial charge in [0.2, 0.25) is 0 Å². The van der Waals surface area contributed by atoms with Crippen LogP contribution in [0.2, 0.25) is 0 Å². The molecule has 2 N–H and O–H groups in total. The number of hydrogen-bond acceptors (Lipinski definition) is 9. The molecule has 3 aliphatic carbocycles. The van der Waals surface area contributed by atoms with Crippen molar-refractivity contribution in [1.82, 2.24) is 20.0 Å². The van der Waals surface area contributed by atoms with Gasteiger partial charge < -0.3 is 15.0 Å². The number of nitrogens with two attached hydrogens (primary N) is 1. The Morgan fingerprint density at radius 1 is 1.31 bits per heavy atom. The van der Waals surface area contributed by atoms with E-state index in [0.717, 1.165) is 67.3 Å². The molecular weight excluding hydrogens is 472 g/mol. The zero-order valence-corrected chi connectivity index (χ0v) is 21.5. The van der Waals surface area contributed by atoms with Gasteiger partial charge in [-0.25, -0.2) is 4.98 Å². The molecule has 4 aliphatic rings. The fraction of sp³-hybridized carbons (Fsp3) is 0.556. The largest absolute Gasteiger partial charge is 0.459 e. The van der Waals surface area contributed by atoms with E-state index in [1.807, 2.05) is 6.07 Å². The van der Waals surface area contributed by atoms with Gasteiger partial charge in [-0.15, -0.1) is 11.3 Å². The summed E-state index contributed by atoms with van der Waals surface area (Å²) in [5.74, 6) is 1.52. The van der Waals surface area contributed by atoms with Crippen molar-refractivity contribution in [2.45, 2.75) is 81.9 Å². The van der Waals surface area contributed by atoms with Crippen LogP contribution in [0.4, 0.5) is 5.00 Å². The molecule has 186 valence electrons. The molecule has 0 aromatic carbocycles. The fourth-order valence-corrected chi connectivity index (χ4v) is 8.42. The van der Waals surface area contributed by atoms with Crippen LogP contribution in [0.1, 0.15) is 72.7 Å². The molecule has 7 rings (SSSR count). The summed E-state index contributed by atoms with van der Waals surface area (Å²) in [5.41, 5.74) is 10.4. The number of rotatable bonds is 4. The minimum atomic E-state index is -0.309. The lowest BCUT2D eigenvalue weighted by Gasteiger charge is -2.39. The highest BCUT2D eigenvalue weighted by Gasteiger charge is 2.52. The predicted molar refractivity (Wildman–Crippen MR) is 136 cm³/mol. The molecule has 2 fully saturated rings. The molecular formula is C27H30N6O2S. The van der Waals surface area contributed by atoms with Gasteiger partial charge >= 0.3 is 6.01 Å². The molecule has 0 unspecified atom stereocenters. The number of ether oxygens (including phenoxy) is 1. The Labute approximate surface area is 214 Å². The van der Waals surface area contributed by atoms with E-state index in [0.29, 0.717) is 34.1 Å². The Bertz CT molecular complexity index is 1390. The van der Waals surface area contributed by atoms with Crippen LogP contribution in [0.5, 0.6) is 6.01 Å². The standard InChI is InChI=1S/C27H30N6O2S/c1-14(19-11-15-12-20(15)33(19)2)34-26-30-10-7-18(31-26)23-16-5-3-8-27(24(16)32-35-23)9-4-6-21-22(27)17(13-28)25(29)36-21/h7,10,14-15,19-20H,3-6,8-9,11-12,29H2,1-2H3/t14-,15+,19-,20-,27-/m0/s1. The van der Waals surface area contributed by atoms with E-state index in [-0.39, 0.29) is 11.5 Å². The van der Waals surface area contributed by atoms with E-state index in [9.17, 15) is 5.26 Å². The summed E-state index contributed by atoms with van der Waals surface area (Å²) in [4.78, 5) is 12.8. The maximum absolute atomic E-state index is 9.92. The summed E-state index contributed by atoms with van der Waals surface area (Å²) in [6, 6.07) is 5.75. The molecule has 3 aromatic heterocycles. The number of nitrogens with zero attached hydrogens (tertiary/aromatic N) is 5.